The molecule has 1 aromatic carbocycles. The molecule has 0 aliphatic rings. The molecule has 0 fully saturated rings. The highest BCUT2D eigenvalue weighted by Gasteiger charge is 2.34. The maximum Gasteiger partial charge on any atom is 0.243 e. The van der Waals surface area contributed by atoms with Crippen LogP contribution < -0.4 is 16.0 Å². The molecule has 2 atom stereocenters. The van der Waals surface area contributed by atoms with Gasteiger partial charge in [0, 0.05) is 11.9 Å². The van der Waals surface area contributed by atoms with Crippen molar-refractivity contribution in [1.29, 1.82) is 0 Å². The van der Waals surface area contributed by atoms with Gasteiger partial charge in [-0.3, -0.25) is 14.4 Å². The second-order valence-electron chi connectivity index (χ2n) is 7.06. The lowest BCUT2D eigenvalue weighted by Crippen LogP contribution is -2.55. The minimum Gasteiger partial charge on any atom is -0.345 e. The van der Waals surface area contributed by atoms with Gasteiger partial charge in [-0.1, -0.05) is 37.9 Å². The summed E-state index contributed by atoms with van der Waals surface area (Å²) in [4.78, 5) is 37.1. The number of thiol groups is 1. The number of nitrogens with one attached hydrogen (secondary N) is 3. The maximum absolute atomic E-state index is 12.5. The summed E-state index contributed by atoms with van der Waals surface area (Å²) in [6.45, 7) is 5.08. The Morgan fingerprint density at radius 2 is 1.86 bits per heavy atom. The molecule has 7 nitrogen and oxygen atoms in total. The molecule has 0 spiro atoms. The predicted molar refractivity (Wildman–Crippen MR) is 121 cm³/mol. The van der Waals surface area contributed by atoms with Crippen molar-refractivity contribution in [3.8, 4) is 0 Å². The molecule has 0 aliphatic carbocycles. The second-order valence-corrected chi connectivity index (χ2v) is 8.62. The van der Waals surface area contributed by atoms with Gasteiger partial charge >= 0.3 is 0 Å². The monoisotopic (exact) mass is 437 g/mol. The summed E-state index contributed by atoms with van der Waals surface area (Å²) in [6, 6.07) is 6.30. The molecule has 1 aromatic rings. The standard InChI is InChI=1S/C19H28BN3O4S2/c1-12(2)16(23-18(26)19(3,28)11-27-29-4)17(25)21-10-15(24)22-14-7-5-13(9-20)6-8-14/h5-8,12,16,28H,9-11H2,1-4H3,(H,21,25)(H,22,24)(H,23,26). The fraction of sp³-hybridized carbons (Fsp3) is 0.526. The summed E-state index contributed by atoms with van der Waals surface area (Å²) in [5.74, 6) is -1.43. The number of carbonyl (C=O) groups excluding carboxylic acids is 3. The summed E-state index contributed by atoms with van der Waals surface area (Å²) < 4.78 is 4.10. The number of amides is 3. The third-order valence-electron chi connectivity index (χ3n) is 4.08. The Morgan fingerprint density at radius 1 is 1.24 bits per heavy atom. The van der Waals surface area contributed by atoms with Crippen molar-refractivity contribution in [3.63, 3.8) is 0 Å². The molecule has 0 aromatic heterocycles. The fourth-order valence-corrected chi connectivity index (χ4v) is 2.85. The summed E-state index contributed by atoms with van der Waals surface area (Å²) >= 11 is 5.46. The second kappa shape index (κ2) is 12.1. The summed E-state index contributed by atoms with van der Waals surface area (Å²) in [5, 5.41) is 7.94. The number of hydrogen-bond donors (Lipinski definition) is 4. The van der Waals surface area contributed by atoms with E-state index in [9.17, 15) is 14.4 Å². The highest BCUT2D eigenvalue weighted by molar-refractivity contribution is 7.94. The van der Waals surface area contributed by atoms with E-state index in [0.717, 1.165) is 17.6 Å². The van der Waals surface area contributed by atoms with Gasteiger partial charge in [0.1, 0.15) is 10.8 Å². The van der Waals surface area contributed by atoms with Crippen LogP contribution in [0.4, 0.5) is 5.69 Å². The van der Waals surface area contributed by atoms with Crippen LogP contribution in [0.15, 0.2) is 24.3 Å². The smallest absolute Gasteiger partial charge is 0.243 e. The van der Waals surface area contributed by atoms with Gasteiger partial charge in [0.25, 0.3) is 0 Å². The molecular weight excluding hydrogens is 409 g/mol. The highest BCUT2D eigenvalue weighted by Crippen LogP contribution is 2.18. The summed E-state index contributed by atoms with van der Waals surface area (Å²) in [6.07, 6.45) is 2.16. The Labute approximate surface area is 183 Å². The van der Waals surface area contributed by atoms with Crippen LogP contribution in [-0.2, 0) is 24.9 Å². The van der Waals surface area contributed by atoms with E-state index in [2.05, 4.69) is 28.6 Å². The third-order valence-corrected chi connectivity index (χ3v) is 4.77. The predicted octanol–water partition coefficient (Wildman–Crippen LogP) is 1.53. The number of rotatable bonds is 11. The fourth-order valence-electron chi connectivity index (χ4n) is 2.28. The lowest BCUT2D eigenvalue weighted by molar-refractivity contribution is -0.131. The number of benzene rings is 1. The van der Waals surface area contributed by atoms with Crippen molar-refractivity contribution in [2.24, 2.45) is 5.92 Å². The first kappa shape index (κ1) is 25.4. The Hall–Kier alpha value is -1.65. The molecule has 3 N–H and O–H groups in total. The summed E-state index contributed by atoms with van der Waals surface area (Å²) in [7, 11) is 5.54. The molecular formula is C19H28BN3O4S2. The van der Waals surface area contributed by atoms with Gasteiger partial charge < -0.3 is 20.1 Å². The van der Waals surface area contributed by atoms with Crippen molar-refractivity contribution in [3.05, 3.63) is 29.8 Å². The zero-order valence-corrected chi connectivity index (χ0v) is 18.9. The first-order valence-electron chi connectivity index (χ1n) is 9.16. The highest BCUT2D eigenvalue weighted by atomic mass is 32.2. The lowest BCUT2D eigenvalue weighted by Gasteiger charge is -2.27. The minimum absolute atomic E-state index is 0.0842. The molecule has 0 saturated heterocycles. The van der Waals surface area contributed by atoms with Gasteiger partial charge in [-0.2, -0.15) is 12.6 Å². The van der Waals surface area contributed by atoms with Crippen LogP contribution in [0.2, 0.25) is 0 Å². The molecule has 0 heterocycles. The van der Waals surface area contributed by atoms with E-state index < -0.39 is 22.6 Å². The van der Waals surface area contributed by atoms with Crippen LogP contribution in [0, 0.1) is 5.92 Å². The summed E-state index contributed by atoms with van der Waals surface area (Å²) in [5.41, 5.74) is 1.56. The quantitative estimate of drug-likeness (QED) is 0.239. The number of anilines is 1. The Kier molecular flexibility index (Phi) is 10.6. The van der Waals surface area contributed by atoms with Gasteiger partial charge in [-0.05, 0) is 37.0 Å². The zero-order chi connectivity index (χ0) is 22.0. The van der Waals surface area contributed by atoms with E-state index in [4.69, 9.17) is 12.0 Å². The largest absolute Gasteiger partial charge is 0.345 e. The molecule has 0 bridgehead atoms. The lowest BCUT2D eigenvalue weighted by atomic mass is 9.97. The van der Waals surface area contributed by atoms with Crippen LogP contribution in [0.3, 0.4) is 0 Å². The van der Waals surface area contributed by atoms with E-state index in [1.165, 1.54) is 0 Å². The van der Waals surface area contributed by atoms with Crippen molar-refractivity contribution >= 4 is 55.9 Å². The molecule has 1 rings (SSSR count). The van der Waals surface area contributed by atoms with Crippen molar-refractivity contribution in [2.45, 2.75) is 37.9 Å². The van der Waals surface area contributed by atoms with Gasteiger partial charge in [-0.15, -0.1) is 0 Å². The Morgan fingerprint density at radius 3 is 2.38 bits per heavy atom. The Balaban J connectivity index is 2.60. The average molecular weight is 437 g/mol. The topological polar surface area (TPSA) is 96.5 Å². The number of hydrogen-bond acceptors (Lipinski definition) is 6. The molecule has 0 saturated carbocycles. The van der Waals surface area contributed by atoms with E-state index in [1.807, 2.05) is 12.1 Å². The van der Waals surface area contributed by atoms with E-state index in [-0.39, 0.29) is 25.0 Å². The molecule has 3 amide bonds. The first-order chi connectivity index (χ1) is 13.6. The Bertz CT molecular complexity index is 699. The van der Waals surface area contributed by atoms with Crippen molar-refractivity contribution in [1.82, 2.24) is 10.6 Å². The van der Waals surface area contributed by atoms with E-state index >= 15 is 0 Å². The van der Waals surface area contributed by atoms with Crippen LogP contribution in [-0.4, -0.2) is 55.8 Å². The van der Waals surface area contributed by atoms with E-state index in [1.54, 1.807) is 39.2 Å². The molecule has 2 unspecified atom stereocenters. The molecule has 29 heavy (non-hydrogen) atoms. The van der Waals surface area contributed by atoms with Crippen molar-refractivity contribution in [2.75, 3.05) is 24.7 Å². The minimum atomic E-state index is -1.09. The molecule has 158 valence electrons. The third kappa shape index (κ3) is 8.71. The van der Waals surface area contributed by atoms with Crippen molar-refractivity contribution < 1.29 is 18.6 Å². The zero-order valence-electron chi connectivity index (χ0n) is 17.2. The molecule has 0 aliphatic heterocycles. The molecule has 10 heteroatoms. The molecule has 2 radical (unpaired) electrons. The SMILES string of the molecule is [B]Cc1ccc(NC(=O)CNC(=O)C(NC(=O)C(C)(S)COSC)C(C)C)cc1. The van der Waals surface area contributed by atoms with Crippen LogP contribution in [0.1, 0.15) is 26.3 Å². The maximum atomic E-state index is 12.5. The van der Waals surface area contributed by atoms with Gasteiger partial charge in [0.05, 0.1) is 21.0 Å². The normalized spacial score (nSPS) is 14.0. The van der Waals surface area contributed by atoms with Crippen LogP contribution in [0.5, 0.6) is 0 Å². The number of carbonyl (C=O) groups is 3. The van der Waals surface area contributed by atoms with Gasteiger partial charge in [0.15, 0.2) is 0 Å². The van der Waals surface area contributed by atoms with Crippen LogP contribution in [0.25, 0.3) is 0 Å². The van der Waals surface area contributed by atoms with Crippen LogP contribution >= 0.6 is 24.7 Å². The first-order valence-corrected chi connectivity index (χ1v) is 10.8. The van der Waals surface area contributed by atoms with Gasteiger partial charge in [-0.25, -0.2) is 0 Å². The average Bonchev–Trinajstić information content (AvgIpc) is 2.68. The van der Waals surface area contributed by atoms with Gasteiger partial charge in [0.2, 0.25) is 17.7 Å². The van der Waals surface area contributed by atoms with E-state index in [0.29, 0.717) is 12.0 Å².